The first kappa shape index (κ1) is 32.3. The number of aromatic hydroxyl groups is 1. The molecule has 0 bridgehead atoms. The number of aliphatic hydroxyl groups excluding tert-OH is 1. The van der Waals surface area contributed by atoms with Crippen LogP contribution in [0.15, 0.2) is 108 Å². The number of carbonyl (C=O) groups excluding carboxylic acids is 1. The maximum atomic E-state index is 13.5. The van der Waals surface area contributed by atoms with E-state index in [-0.39, 0.29) is 54.3 Å². The van der Waals surface area contributed by atoms with Crippen LogP contribution < -0.4 is 10.1 Å². The van der Waals surface area contributed by atoms with Gasteiger partial charge < -0.3 is 29.7 Å². The number of allylic oxidation sites excluding steroid dienone is 1. The fourth-order valence-electron chi connectivity index (χ4n) is 6.07. The van der Waals surface area contributed by atoms with E-state index in [0.29, 0.717) is 12.2 Å². The summed E-state index contributed by atoms with van der Waals surface area (Å²) >= 11 is 0. The predicted octanol–water partition coefficient (Wildman–Crippen LogP) is 5.02. The molecule has 3 N–H and O–H groups in total. The highest BCUT2D eigenvalue weighted by Gasteiger charge is 2.33. The van der Waals surface area contributed by atoms with Crippen molar-refractivity contribution in [1.29, 1.82) is 0 Å². The number of fused-ring (bicyclic) bond motifs is 3. The summed E-state index contributed by atoms with van der Waals surface area (Å²) in [5, 5.41) is 22.6. The van der Waals surface area contributed by atoms with Gasteiger partial charge in [-0.15, -0.1) is 0 Å². The highest BCUT2D eigenvalue weighted by atomic mass is 32.2. The standard InChI is InChI=1S/C36H36N2O8S/c1-44-26-13-15-27(16-14-26)47(42,43)38(17-19-39)18-20-45-35-23-25(22-34(46-35)36(41)37-32-11-4-5-12-33(32)40)29-9-6-10-30-28-8-3-2-7-24(28)21-31(29)30/h2-16,22,25,35,39-40H,17-21,23H2,1H3,(H,37,41)/t25-,35+/m0/s1. The topological polar surface area (TPSA) is 135 Å². The van der Waals surface area contributed by atoms with E-state index in [2.05, 4.69) is 29.6 Å². The second-order valence-corrected chi connectivity index (χ2v) is 13.2. The third kappa shape index (κ3) is 6.89. The fraction of sp³-hybridized carbons (Fsp3) is 0.250. The zero-order valence-electron chi connectivity index (χ0n) is 25.8. The van der Waals surface area contributed by atoms with Crippen LogP contribution >= 0.6 is 0 Å². The number of benzene rings is 4. The Labute approximate surface area is 273 Å². The van der Waals surface area contributed by atoms with Gasteiger partial charge in [-0.3, -0.25) is 4.79 Å². The number of phenolic OH excluding ortho intramolecular Hbond substituents is 1. The van der Waals surface area contributed by atoms with Gasteiger partial charge in [-0.25, -0.2) is 8.42 Å². The molecule has 11 heteroatoms. The number of sulfonamides is 1. The molecule has 2 aliphatic rings. The van der Waals surface area contributed by atoms with Crippen molar-refractivity contribution in [2.45, 2.75) is 29.9 Å². The Morgan fingerprint density at radius 2 is 1.70 bits per heavy atom. The minimum absolute atomic E-state index is 0.0284. The van der Waals surface area contributed by atoms with Crippen molar-refractivity contribution in [3.63, 3.8) is 0 Å². The average Bonchev–Trinajstić information content (AvgIpc) is 3.48. The van der Waals surface area contributed by atoms with Crippen LogP contribution in [0.2, 0.25) is 0 Å². The highest BCUT2D eigenvalue weighted by molar-refractivity contribution is 7.89. The highest BCUT2D eigenvalue weighted by Crippen LogP contribution is 2.43. The van der Waals surface area contributed by atoms with E-state index in [4.69, 9.17) is 14.2 Å². The number of nitrogens with one attached hydrogen (secondary N) is 1. The van der Waals surface area contributed by atoms with Gasteiger partial charge in [0.2, 0.25) is 16.3 Å². The summed E-state index contributed by atoms with van der Waals surface area (Å²) in [6.07, 6.45) is 2.04. The number of carbonyl (C=O) groups is 1. The summed E-state index contributed by atoms with van der Waals surface area (Å²) in [6.45, 7) is -0.618. The lowest BCUT2D eigenvalue weighted by molar-refractivity contribution is -0.143. The Bertz CT molecular complexity index is 1890. The number of aliphatic hydroxyl groups is 1. The van der Waals surface area contributed by atoms with Gasteiger partial charge in [-0.2, -0.15) is 4.31 Å². The molecule has 10 nitrogen and oxygen atoms in total. The molecule has 0 fully saturated rings. The van der Waals surface area contributed by atoms with Crippen LogP contribution in [-0.4, -0.2) is 68.5 Å². The van der Waals surface area contributed by atoms with Crippen molar-refractivity contribution >= 4 is 21.6 Å². The maximum absolute atomic E-state index is 13.5. The van der Waals surface area contributed by atoms with Gasteiger partial charge in [-0.1, -0.05) is 54.6 Å². The lowest BCUT2D eigenvalue weighted by Gasteiger charge is -2.31. The minimum Gasteiger partial charge on any atom is -0.506 e. The normalized spacial score (nSPS) is 17.0. The second kappa shape index (κ2) is 14.0. The van der Waals surface area contributed by atoms with Crippen LogP contribution in [0.3, 0.4) is 0 Å². The lowest BCUT2D eigenvalue weighted by atomic mass is 9.87. The zero-order valence-corrected chi connectivity index (χ0v) is 26.7. The van der Waals surface area contributed by atoms with E-state index in [9.17, 15) is 23.4 Å². The van der Waals surface area contributed by atoms with Crippen molar-refractivity contribution in [3.05, 3.63) is 120 Å². The zero-order chi connectivity index (χ0) is 33.0. The van der Waals surface area contributed by atoms with E-state index in [1.165, 1.54) is 42.0 Å². The van der Waals surface area contributed by atoms with Gasteiger partial charge in [-0.05, 0) is 76.7 Å². The summed E-state index contributed by atoms with van der Waals surface area (Å²) in [5.74, 6) is -0.333. The molecular weight excluding hydrogens is 620 g/mol. The van der Waals surface area contributed by atoms with Crippen LogP contribution in [-0.2, 0) is 30.7 Å². The molecule has 0 saturated carbocycles. The summed E-state index contributed by atoms with van der Waals surface area (Å²) in [7, 11) is -2.45. The summed E-state index contributed by atoms with van der Waals surface area (Å²) in [4.78, 5) is 13.5. The van der Waals surface area contributed by atoms with Crippen LogP contribution in [0.25, 0.3) is 11.1 Å². The molecular formula is C36H36N2O8S. The van der Waals surface area contributed by atoms with E-state index >= 15 is 0 Å². The maximum Gasteiger partial charge on any atom is 0.290 e. The molecule has 0 unspecified atom stereocenters. The number of para-hydroxylation sites is 2. The first-order chi connectivity index (χ1) is 22.8. The first-order valence-corrected chi connectivity index (χ1v) is 16.8. The second-order valence-electron chi connectivity index (χ2n) is 11.3. The van der Waals surface area contributed by atoms with Crippen molar-refractivity contribution in [2.75, 3.05) is 38.7 Å². The molecule has 0 spiro atoms. The number of hydrogen-bond acceptors (Lipinski definition) is 8. The van der Waals surface area contributed by atoms with Crippen LogP contribution in [0, 0.1) is 0 Å². The van der Waals surface area contributed by atoms with Crippen molar-refractivity contribution in [2.24, 2.45) is 0 Å². The number of methoxy groups -OCH3 is 1. The molecule has 1 heterocycles. The van der Waals surface area contributed by atoms with E-state index in [0.717, 1.165) is 21.9 Å². The molecule has 244 valence electrons. The molecule has 1 aliphatic carbocycles. The van der Waals surface area contributed by atoms with Crippen LogP contribution in [0.4, 0.5) is 5.69 Å². The number of ether oxygens (including phenoxy) is 3. The molecule has 1 aliphatic heterocycles. The molecule has 4 aromatic carbocycles. The van der Waals surface area contributed by atoms with Crippen LogP contribution in [0.5, 0.6) is 11.5 Å². The smallest absolute Gasteiger partial charge is 0.290 e. The molecule has 47 heavy (non-hydrogen) atoms. The van der Waals surface area contributed by atoms with Gasteiger partial charge >= 0.3 is 0 Å². The largest absolute Gasteiger partial charge is 0.506 e. The van der Waals surface area contributed by atoms with Crippen molar-refractivity contribution in [1.82, 2.24) is 4.31 Å². The van der Waals surface area contributed by atoms with Crippen molar-refractivity contribution < 1.29 is 37.6 Å². The van der Waals surface area contributed by atoms with Gasteiger partial charge in [0.15, 0.2) is 5.76 Å². The molecule has 1 amide bonds. The van der Waals surface area contributed by atoms with E-state index in [1.807, 2.05) is 18.2 Å². The van der Waals surface area contributed by atoms with Gasteiger partial charge in [0.05, 0.1) is 30.9 Å². The summed E-state index contributed by atoms with van der Waals surface area (Å²) in [6, 6.07) is 26.9. The summed E-state index contributed by atoms with van der Waals surface area (Å²) < 4.78 is 45.2. The van der Waals surface area contributed by atoms with Crippen LogP contribution in [0.1, 0.15) is 29.0 Å². The van der Waals surface area contributed by atoms with Gasteiger partial charge in [0, 0.05) is 25.4 Å². The molecule has 2 atom stereocenters. The molecule has 0 aromatic heterocycles. The van der Waals surface area contributed by atoms with E-state index < -0.39 is 22.2 Å². The number of nitrogens with zero attached hydrogens (tertiary/aromatic N) is 1. The Hall–Kier alpha value is -4.68. The van der Waals surface area contributed by atoms with Gasteiger partial charge in [0.25, 0.3) is 5.91 Å². The van der Waals surface area contributed by atoms with Crippen molar-refractivity contribution in [3.8, 4) is 22.6 Å². The Kier molecular flexibility index (Phi) is 9.60. The fourth-order valence-corrected chi connectivity index (χ4v) is 7.49. The lowest BCUT2D eigenvalue weighted by Crippen LogP contribution is -2.38. The molecule has 6 rings (SSSR count). The quantitative estimate of drug-likeness (QED) is 0.159. The number of rotatable bonds is 12. The number of phenols is 1. The SMILES string of the molecule is COc1ccc(S(=O)(=O)N(CCO)CCO[C@H]2C[C@@H](c3cccc4c3Cc3ccccc3-4)C=C(C(=O)Nc3ccccc3O)O2)cc1. The summed E-state index contributed by atoms with van der Waals surface area (Å²) in [5.41, 5.74) is 6.04. The molecule has 4 aromatic rings. The number of hydrogen-bond donors (Lipinski definition) is 3. The Balaban J connectivity index is 1.23. The molecule has 0 radical (unpaired) electrons. The Morgan fingerprint density at radius 1 is 0.957 bits per heavy atom. The monoisotopic (exact) mass is 656 g/mol. The number of amides is 1. The van der Waals surface area contributed by atoms with Gasteiger partial charge in [0.1, 0.15) is 11.5 Å². The number of anilines is 1. The molecule has 0 saturated heterocycles. The first-order valence-electron chi connectivity index (χ1n) is 15.3. The minimum atomic E-state index is -3.94. The predicted molar refractivity (Wildman–Crippen MR) is 177 cm³/mol. The van der Waals surface area contributed by atoms with E-state index in [1.54, 1.807) is 36.4 Å². The third-order valence-corrected chi connectivity index (χ3v) is 10.3. The average molecular weight is 657 g/mol. The Morgan fingerprint density at radius 3 is 2.47 bits per heavy atom. The third-order valence-electron chi connectivity index (χ3n) is 8.41.